The average molecular weight is 605 g/mol. The molecule has 1 N–H and O–H groups in total. The van der Waals surface area contributed by atoms with Gasteiger partial charge in [0, 0.05) is 59.4 Å². The Morgan fingerprint density at radius 1 is 1.11 bits per heavy atom. The van der Waals surface area contributed by atoms with Gasteiger partial charge in [0.2, 0.25) is 0 Å². The summed E-state index contributed by atoms with van der Waals surface area (Å²) in [4.78, 5) is 19.8. The summed E-state index contributed by atoms with van der Waals surface area (Å²) < 4.78 is 2.58. The van der Waals surface area contributed by atoms with Gasteiger partial charge in [0.15, 0.2) is 0 Å². The Balaban J connectivity index is 1.40. The summed E-state index contributed by atoms with van der Waals surface area (Å²) in [5, 5.41) is 5.73. The number of fused-ring (bicyclic) bond motifs is 3. The van der Waals surface area contributed by atoms with Gasteiger partial charge in [0.25, 0.3) is 0 Å². The first-order chi connectivity index (χ1) is 17.4. The predicted octanol–water partition coefficient (Wildman–Crippen LogP) is 7.59. The van der Waals surface area contributed by atoms with E-state index in [4.69, 9.17) is 34.8 Å². The van der Waals surface area contributed by atoms with Crippen molar-refractivity contribution in [3.05, 3.63) is 103 Å². The lowest BCUT2D eigenvalue weighted by molar-refractivity contribution is 0.240. The molecule has 1 amide bonds. The summed E-state index contributed by atoms with van der Waals surface area (Å²) in [5.41, 5.74) is 4.96. The first-order valence-corrected chi connectivity index (χ1v) is 13.4. The van der Waals surface area contributed by atoms with Crippen molar-refractivity contribution in [3.63, 3.8) is 0 Å². The number of amides is 1. The fraction of sp³-hybridized carbons (Fsp3) is 0.185. The molecule has 5 nitrogen and oxygen atoms in total. The Morgan fingerprint density at radius 3 is 2.69 bits per heavy atom. The molecule has 184 valence electrons. The van der Waals surface area contributed by atoms with E-state index in [1.165, 1.54) is 0 Å². The van der Waals surface area contributed by atoms with E-state index in [-0.39, 0.29) is 6.03 Å². The molecular formula is C27H22BrCl3N4O. The highest BCUT2D eigenvalue weighted by molar-refractivity contribution is 9.10. The van der Waals surface area contributed by atoms with Gasteiger partial charge in [0.05, 0.1) is 10.5 Å². The van der Waals surface area contributed by atoms with Crippen LogP contribution in [0.3, 0.4) is 0 Å². The molecule has 5 rings (SSSR count). The van der Waals surface area contributed by atoms with E-state index in [0.29, 0.717) is 16.7 Å². The van der Waals surface area contributed by atoms with Gasteiger partial charge in [0.1, 0.15) is 5.15 Å². The van der Waals surface area contributed by atoms with Crippen molar-refractivity contribution in [3.8, 4) is 0 Å². The second kappa shape index (κ2) is 11.0. The number of halogens is 4. The van der Waals surface area contributed by atoms with Crippen LogP contribution in [-0.4, -0.2) is 33.6 Å². The van der Waals surface area contributed by atoms with E-state index in [2.05, 4.69) is 43.3 Å². The molecule has 0 unspecified atom stereocenters. The van der Waals surface area contributed by atoms with Crippen molar-refractivity contribution < 1.29 is 4.79 Å². The Morgan fingerprint density at radius 2 is 1.92 bits per heavy atom. The van der Waals surface area contributed by atoms with E-state index >= 15 is 0 Å². The molecule has 36 heavy (non-hydrogen) atoms. The quantitative estimate of drug-likeness (QED) is 0.239. The largest absolute Gasteiger partial charge is 0.333 e. The molecule has 9 heteroatoms. The average Bonchev–Trinajstić information content (AvgIpc) is 3.16. The van der Waals surface area contributed by atoms with Gasteiger partial charge >= 0.3 is 6.03 Å². The number of rotatable bonds is 5. The number of nitrogens with one attached hydrogen (secondary N) is 1. The van der Waals surface area contributed by atoms with Crippen LogP contribution in [0.15, 0.2) is 65.3 Å². The molecule has 1 aliphatic heterocycles. The van der Waals surface area contributed by atoms with Crippen LogP contribution in [0.5, 0.6) is 0 Å². The smallest absolute Gasteiger partial charge is 0.326 e. The van der Waals surface area contributed by atoms with Gasteiger partial charge in [-0.2, -0.15) is 0 Å². The van der Waals surface area contributed by atoms with Gasteiger partial charge in [-0.15, -0.1) is 0 Å². The first kappa shape index (κ1) is 25.3. The topological polar surface area (TPSA) is 50.2 Å². The maximum Gasteiger partial charge on any atom is 0.326 e. The molecule has 0 radical (unpaired) electrons. The number of carbonyl (C=O) groups is 1. The number of nitrogens with zero attached hydrogens (tertiary/aromatic N) is 3. The van der Waals surface area contributed by atoms with Crippen molar-refractivity contribution in [2.45, 2.75) is 19.5 Å². The van der Waals surface area contributed by atoms with Gasteiger partial charge in [-0.1, -0.05) is 59.1 Å². The lowest BCUT2D eigenvalue weighted by Gasteiger charge is -2.27. The molecule has 4 aromatic rings. The number of hydrogen-bond acceptors (Lipinski definition) is 3. The maximum absolute atomic E-state index is 13.4. The summed E-state index contributed by atoms with van der Waals surface area (Å²) in [6, 6.07) is 15.0. The van der Waals surface area contributed by atoms with Crippen LogP contribution in [0.4, 0.5) is 4.79 Å². The molecule has 0 spiro atoms. The zero-order valence-corrected chi connectivity index (χ0v) is 23.0. The van der Waals surface area contributed by atoms with E-state index in [9.17, 15) is 4.79 Å². The summed E-state index contributed by atoms with van der Waals surface area (Å²) in [6.45, 7) is 2.74. The zero-order valence-electron chi connectivity index (χ0n) is 19.1. The molecular weight excluding hydrogens is 583 g/mol. The van der Waals surface area contributed by atoms with Gasteiger partial charge in [-0.3, -0.25) is 9.47 Å². The third-order valence-electron chi connectivity index (χ3n) is 6.25. The molecule has 1 aliphatic rings. The number of aromatic nitrogens is 2. The van der Waals surface area contributed by atoms with Crippen molar-refractivity contribution in [1.82, 2.24) is 19.8 Å². The molecule has 3 heterocycles. The van der Waals surface area contributed by atoms with Crippen molar-refractivity contribution in [2.75, 3.05) is 13.1 Å². The van der Waals surface area contributed by atoms with E-state index in [1.54, 1.807) is 16.8 Å². The lowest BCUT2D eigenvalue weighted by atomic mass is 10.0. The van der Waals surface area contributed by atoms with Gasteiger partial charge < -0.3 is 5.32 Å². The highest BCUT2D eigenvalue weighted by atomic mass is 79.9. The van der Waals surface area contributed by atoms with E-state index in [1.807, 2.05) is 42.5 Å². The number of hydrogen-bond donors (Lipinski definition) is 1. The molecule has 2 aromatic heterocycles. The fourth-order valence-electron chi connectivity index (χ4n) is 4.51. The van der Waals surface area contributed by atoms with Crippen LogP contribution < -0.4 is 5.32 Å². The fourth-order valence-corrected chi connectivity index (χ4v) is 5.34. The molecule has 0 fully saturated rings. The SMILES string of the molecule is O=C(NCc1ccnc(Cl)c1)n1c2c(c3cc(Br)c(Cl)cc31)CN(CC=Cc1ccc(Cl)cc1)CC2. The van der Waals surface area contributed by atoms with Crippen LogP contribution >= 0.6 is 50.7 Å². The third kappa shape index (κ3) is 5.48. The van der Waals surface area contributed by atoms with Gasteiger partial charge in [-0.25, -0.2) is 9.78 Å². The molecule has 0 bridgehead atoms. The molecule has 2 aromatic carbocycles. The minimum absolute atomic E-state index is 0.191. The van der Waals surface area contributed by atoms with Crippen LogP contribution in [0.25, 0.3) is 17.0 Å². The van der Waals surface area contributed by atoms with Crippen molar-refractivity contribution >= 4 is 73.7 Å². The van der Waals surface area contributed by atoms with Crippen LogP contribution in [-0.2, 0) is 19.5 Å². The molecule has 0 atom stereocenters. The molecule has 0 saturated carbocycles. The monoisotopic (exact) mass is 602 g/mol. The highest BCUT2D eigenvalue weighted by Gasteiger charge is 2.27. The maximum atomic E-state index is 13.4. The van der Waals surface area contributed by atoms with Crippen LogP contribution in [0, 0.1) is 0 Å². The summed E-state index contributed by atoms with van der Waals surface area (Å²) in [6.07, 6.45) is 6.64. The van der Waals surface area contributed by atoms with E-state index < -0.39 is 0 Å². The first-order valence-electron chi connectivity index (χ1n) is 11.4. The predicted molar refractivity (Wildman–Crippen MR) is 151 cm³/mol. The Labute approximate surface area is 232 Å². The van der Waals surface area contributed by atoms with Gasteiger partial charge in [-0.05, 0) is 69.0 Å². The molecule has 0 saturated heterocycles. The minimum atomic E-state index is -0.191. The normalized spacial score (nSPS) is 13.9. The second-order valence-electron chi connectivity index (χ2n) is 8.63. The van der Waals surface area contributed by atoms with Crippen LogP contribution in [0.1, 0.15) is 22.4 Å². The highest BCUT2D eigenvalue weighted by Crippen LogP contribution is 2.36. The summed E-state index contributed by atoms with van der Waals surface area (Å²) in [7, 11) is 0. The number of carbonyl (C=O) groups excluding carboxylic acids is 1. The Kier molecular flexibility index (Phi) is 7.70. The van der Waals surface area contributed by atoms with E-state index in [0.717, 1.165) is 68.8 Å². The Bertz CT molecular complexity index is 1470. The number of pyridine rings is 1. The lowest BCUT2D eigenvalue weighted by Crippen LogP contribution is -2.34. The zero-order chi connectivity index (χ0) is 25.2. The standard InChI is InChI=1S/C27H22BrCl3N4O/c28-22-13-20-21-16-34(10-1-2-17-3-5-19(29)6-4-17)11-8-24(21)35(25(20)14-23(22)30)27(36)33-15-18-7-9-32-26(31)12-18/h1-7,9,12-14H,8,10-11,15-16H2,(H,33,36). The number of benzene rings is 2. The summed E-state index contributed by atoms with van der Waals surface area (Å²) in [5.74, 6) is 0. The Hall–Kier alpha value is -2.35. The van der Waals surface area contributed by atoms with Crippen LogP contribution in [0.2, 0.25) is 15.2 Å². The third-order valence-corrected chi connectivity index (χ3v) is 7.91. The van der Waals surface area contributed by atoms with Crippen molar-refractivity contribution in [1.29, 1.82) is 0 Å². The minimum Gasteiger partial charge on any atom is -0.333 e. The second-order valence-corrected chi connectivity index (χ2v) is 10.7. The molecule has 0 aliphatic carbocycles. The van der Waals surface area contributed by atoms with Crippen molar-refractivity contribution in [2.24, 2.45) is 0 Å². The summed E-state index contributed by atoms with van der Waals surface area (Å²) >= 11 is 22.0.